The summed E-state index contributed by atoms with van der Waals surface area (Å²) in [6, 6.07) is 7.68. The summed E-state index contributed by atoms with van der Waals surface area (Å²) >= 11 is 0. The van der Waals surface area contributed by atoms with Gasteiger partial charge in [0.15, 0.2) is 0 Å². The van der Waals surface area contributed by atoms with Crippen molar-refractivity contribution in [2.45, 2.75) is 38.8 Å². The van der Waals surface area contributed by atoms with Crippen LogP contribution in [-0.4, -0.2) is 44.9 Å². The maximum Gasteiger partial charge on any atom is 0.251 e. The van der Waals surface area contributed by atoms with Crippen LogP contribution < -0.4 is 15.4 Å². The number of carbonyl (C=O) groups excluding carboxylic acids is 1. The van der Waals surface area contributed by atoms with E-state index in [2.05, 4.69) is 24.5 Å². The fourth-order valence-corrected chi connectivity index (χ4v) is 4.21. The third-order valence-electron chi connectivity index (χ3n) is 5.44. The van der Waals surface area contributed by atoms with E-state index < -0.39 is 0 Å². The average molecular weight is 332 g/mol. The summed E-state index contributed by atoms with van der Waals surface area (Å²) in [5.74, 6) is 1.24. The Bertz CT molecular complexity index is 588. The molecule has 1 saturated heterocycles. The van der Waals surface area contributed by atoms with Crippen molar-refractivity contribution in [1.82, 2.24) is 10.6 Å². The van der Waals surface area contributed by atoms with E-state index in [9.17, 15) is 4.79 Å². The first-order valence-electron chi connectivity index (χ1n) is 8.81. The molecule has 0 aromatic heterocycles. The van der Waals surface area contributed by atoms with Crippen LogP contribution in [0.25, 0.3) is 0 Å². The highest BCUT2D eigenvalue weighted by Gasteiger charge is 2.57. The van der Waals surface area contributed by atoms with Gasteiger partial charge in [-0.3, -0.25) is 4.79 Å². The maximum absolute atomic E-state index is 12.2. The smallest absolute Gasteiger partial charge is 0.251 e. The van der Waals surface area contributed by atoms with Gasteiger partial charge in [-0.25, -0.2) is 0 Å². The van der Waals surface area contributed by atoms with Crippen molar-refractivity contribution in [2.75, 3.05) is 26.8 Å². The highest BCUT2D eigenvalue weighted by molar-refractivity contribution is 5.94. The molecule has 24 heavy (non-hydrogen) atoms. The molecule has 2 aliphatic rings. The van der Waals surface area contributed by atoms with E-state index in [0.29, 0.717) is 35.9 Å². The fourth-order valence-electron chi connectivity index (χ4n) is 4.21. The molecule has 0 bridgehead atoms. The number of hydrogen-bond acceptors (Lipinski definition) is 4. The number of nitrogens with one attached hydrogen (secondary N) is 2. The molecule has 1 aromatic carbocycles. The predicted octanol–water partition coefficient (Wildman–Crippen LogP) is 2.22. The fraction of sp³-hybridized carbons (Fsp3) is 0.632. The Balaban J connectivity index is 1.44. The van der Waals surface area contributed by atoms with Gasteiger partial charge < -0.3 is 20.1 Å². The van der Waals surface area contributed by atoms with Gasteiger partial charge in [0, 0.05) is 42.6 Å². The highest BCUT2D eigenvalue weighted by atomic mass is 16.5. The van der Waals surface area contributed by atoms with Crippen molar-refractivity contribution in [3.8, 4) is 5.75 Å². The Hall–Kier alpha value is -1.59. The van der Waals surface area contributed by atoms with Gasteiger partial charge >= 0.3 is 0 Å². The van der Waals surface area contributed by atoms with Crippen LogP contribution in [0, 0.1) is 11.3 Å². The molecule has 3 atom stereocenters. The molecule has 2 fully saturated rings. The van der Waals surface area contributed by atoms with Crippen LogP contribution >= 0.6 is 0 Å². The lowest BCUT2D eigenvalue weighted by molar-refractivity contribution is -0.192. The lowest BCUT2D eigenvalue weighted by atomic mass is 9.55. The molecule has 1 amide bonds. The summed E-state index contributed by atoms with van der Waals surface area (Å²) in [6.45, 7) is 6.82. The minimum absolute atomic E-state index is 0.0672. The topological polar surface area (TPSA) is 59.6 Å². The van der Waals surface area contributed by atoms with E-state index in [4.69, 9.17) is 9.47 Å². The molecule has 132 valence electrons. The van der Waals surface area contributed by atoms with Crippen molar-refractivity contribution >= 4 is 5.91 Å². The number of amides is 1. The van der Waals surface area contributed by atoms with Crippen molar-refractivity contribution in [3.63, 3.8) is 0 Å². The molecule has 3 rings (SSSR count). The third-order valence-corrected chi connectivity index (χ3v) is 5.44. The molecule has 1 aliphatic carbocycles. The number of benzene rings is 1. The van der Waals surface area contributed by atoms with Gasteiger partial charge in [-0.15, -0.1) is 0 Å². The lowest BCUT2D eigenvalue weighted by Crippen LogP contribution is -2.69. The lowest BCUT2D eigenvalue weighted by Gasteiger charge is -2.60. The Morgan fingerprint density at radius 3 is 3.00 bits per heavy atom. The summed E-state index contributed by atoms with van der Waals surface area (Å²) in [4.78, 5) is 12.2. The zero-order valence-corrected chi connectivity index (χ0v) is 14.8. The van der Waals surface area contributed by atoms with Crippen LogP contribution in [0.3, 0.4) is 0 Å². The SMILES string of the molecule is COc1cccc(C(=O)NCCN[C@@H]2[C@@H]3CCCO[C@@H]3C2(C)C)c1. The summed E-state index contributed by atoms with van der Waals surface area (Å²) in [5.41, 5.74) is 0.793. The molecule has 0 spiro atoms. The second kappa shape index (κ2) is 7.11. The van der Waals surface area contributed by atoms with Gasteiger partial charge in [-0.2, -0.15) is 0 Å². The van der Waals surface area contributed by atoms with Crippen LogP contribution in [0.5, 0.6) is 5.75 Å². The zero-order chi connectivity index (χ0) is 17.2. The summed E-state index contributed by atoms with van der Waals surface area (Å²) in [7, 11) is 1.60. The van der Waals surface area contributed by atoms with Gasteiger partial charge in [0.25, 0.3) is 5.91 Å². The van der Waals surface area contributed by atoms with E-state index in [1.54, 1.807) is 19.2 Å². The van der Waals surface area contributed by atoms with Crippen LogP contribution in [0.1, 0.15) is 37.0 Å². The molecular weight excluding hydrogens is 304 g/mol. The molecular formula is C19H28N2O3. The predicted molar refractivity (Wildman–Crippen MR) is 93.4 cm³/mol. The van der Waals surface area contributed by atoms with Crippen molar-refractivity contribution in [1.29, 1.82) is 0 Å². The first kappa shape index (κ1) is 17.2. The minimum Gasteiger partial charge on any atom is -0.497 e. The minimum atomic E-state index is -0.0672. The summed E-state index contributed by atoms with van der Waals surface area (Å²) in [6.07, 6.45) is 2.78. The Morgan fingerprint density at radius 2 is 2.21 bits per heavy atom. The normalized spacial score (nSPS) is 27.7. The summed E-state index contributed by atoms with van der Waals surface area (Å²) in [5, 5.41) is 6.58. The van der Waals surface area contributed by atoms with Gasteiger partial charge in [-0.05, 0) is 31.0 Å². The molecule has 0 radical (unpaired) electrons. The van der Waals surface area contributed by atoms with Crippen LogP contribution in [-0.2, 0) is 4.74 Å². The Morgan fingerprint density at radius 1 is 1.38 bits per heavy atom. The first-order chi connectivity index (χ1) is 11.5. The van der Waals surface area contributed by atoms with Crippen molar-refractivity contribution < 1.29 is 14.3 Å². The second-order valence-electron chi connectivity index (χ2n) is 7.34. The monoisotopic (exact) mass is 332 g/mol. The van der Waals surface area contributed by atoms with Crippen molar-refractivity contribution in [3.05, 3.63) is 29.8 Å². The van der Waals surface area contributed by atoms with Gasteiger partial charge in [0.1, 0.15) is 5.75 Å². The largest absolute Gasteiger partial charge is 0.497 e. The van der Waals surface area contributed by atoms with Crippen LogP contribution in [0.15, 0.2) is 24.3 Å². The van der Waals surface area contributed by atoms with Gasteiger partial charge in [0.05, 0.1) is 13.2 Å². The van der Waals surface area contributed by atoms with E-state index in [0.717, 1.165) is 19.6 Å². The molecule has 2 N–H and O–H groups in total. The molecule has 5 nitrogen and oxygen atoms in total. The summed E-state index contributed by atoms with van der Waals surface area (Å²) < 4.78 is 11.1. The van der Waals surface area contributed by atoms with E-state index in [-0.39, 0.29) is 11.3 Å². The van der Waals surface area contributed by atoms with E-state index in [1.165, 1.54) is 6.42 Å². The number of fused-ring (bicyclic) bond motifs is 1. The second-order valence-corrected chi connectivity index (χ2v) is 7.34. The average Bonchev–Trinajstić information content (AvgIpc) is 2.61. The standard InChI is InChI=1S/C19H28N2O3/c1-19(2)16(15-8-5-11-24-17(15)19)20-9-10-21-18(22)13-6-4-7-14(12-13)23-3/h4,6-7,12,15-17,20H,5,8-11H2,1-3H3,(H,21,22)/t15-,16+,17-/m0/s1. The molecule has 1 aliphatic heterocycles. The Labute approximate surface area is 144 Å². The first-order valence-corrected chi connectivity index (χ1v) is 8.81. The number of carbonyl (C=O) groups is 1. The quantitative estimate of drug-likeness (QED) is 0.784. The highest BCUT2D eigenvalue weighted by Crippen LogP contribution is 2.51. The van der Waals surface area contributed by atoms with E-state index >= 15 is 0 Å². The van der Waals surface area contributed by atoms with Gasteiger partial charge in [-0.1, -0.05) is 19.9 Å². The number of rotatable bonds is 6. The van der Waals surface area contributed by atoms with E-state index in [1.807, 2.05) is 12.1 Å². The maximum atomic E-state index is 12.2. The molecule has 0 unspecified atom stereocenters. The zero-order valence-electron chi connectivity index (χ0n) is 14.8. The Kier molecular flexibility index (Phi) is 5.11. The van der Waals surface area contributed by atoms with Crippen molar-refractivity contribution in [2.24, 2.45) is 11.3 Å². The van der Waals surface area contributed by atoms with Crippen LogP contribution in [0.4, 0.5) is 0 Å². The van der Waals surface area contributed by atoms with Gasteiger partial charge in [0.2, 0.25) is 0 Å². The molecule has 1 aromatic rings. The number of methoxy groups -OCH3 is 1. The molecule has 1 saturated carbocycles. The number of ether oxygens (including phenoxy) is 2. The van der Waals surface area contributed by atoms with Crippen LogP contribution in [0.2, 0.25) is 0 Å². The number of hydrogen-bond donors (Lipinski definition) is 2. The third kappa shape index (κ3) is 3.28. The molecule has 5 heteroatoms. The molecule has 1 heterocycles.